The molecule has 0 aliphatic rings. The smallest absolute Gasteiger partial charge is 0.255 e. The largest absolute Gasteiger partial charge is 0.496 e. The van der Waals surface area contributed by atoms with Crippen molar-refractivity contribution < 1.29 is 18.7 Å². The predicted molar refractivity (Wildman–Crippen MR) is 103 cm³/mol. The van der Waals surface area contributed by atoms with E-state index in [1.54, 1.807) is 12.0 Å². The summed E-state index contributed by atoms with van der Waals surface area (Å²) in [5, 5.41) is 2.65. The molecule has 144 valence electrons. The lowest BCUT2D eigenvalue weighted by Gasteiger charge is -2.22. The van der Waals surface area contributed by atoms with Crippen LogP contribution in [0.2, 0.25) is 5.02 Å². The fraction of sp³-hybridized carbons (Fsp3) is 0.300. The molecule has 7 heteroatoms. The maximum atomic E-state index is 13.8. The zero-order chi connectivity index (χ0) is 19.8. The fourth-order valence-electron chi connectivity index (χ4n) is 2.70. The second-order valence-electron chi connectivity index (χ2n) is 5.92. The molecule has 0 fully saturated rings. The summed E-state index contributed by atoms with van der Waals surface area (Å²) in [5.74, 6) is -0.627. The van der Waals surface area contributed by atoms with E-state index in [0.29, 0.717) is 19.5 Å². The fourth-order valence-corrected chi connectivity index (χ4v) is 2.95. The van der Waals surface area contributed by atoms with Gasteiger partial charge in [-0.25, -0.2) is 4.39 Å². The molecule has 0 heterocycles. The van der Waals surface area contributed by atoms with Crippen LogP contribution in [0.3, 0.4) is 0 Å². The van der Waals surface area contributed by atoms with Crippen LogP contribution in [0.1, 0.15) is 22.8 Å². The first-order valence-electron chi connectivity index (χ1n) is 8.53. The Morgan fingerprint density at radius 1 is 1.15 bits per heavy atom. The number of carbonyl (C=O) groups is 2. The highest BCUT2D eigenvalue weighted by molar-refractivity contribution is 6.33. The Morgan fingerprint density at radius 3 is 2.56 bits per heavy atom. The Labute approximate surface area is 163 Å². The molecule has 0 aromatic heterocycles. The van der Waals surface area contributed by atoms with Crippen molar-refractivity contribution in [3.63, 3.8) is 0 Å². The number of halogens is 2. The molecule has 0 bridgehead atoms. The third-order valence-electron chi connectivity index (χ3n) is 4.15. The highest BCUT2D eigenvalue weighted by Gasteiger charge is 2.16. The minimum atomic E-state index is -0.681. The van der Waals surface area contributed by atoms with E-state index in [1.165, 1.54) is 25.1 Å². The lowest BCUT2D eigenvalue weighted by atomic mass is 10.1. The number of benzene rings is 2. The minimum Gasteiger partial charge on any atom is -0.496 e. The van der Waals surface area contributed by atoms with Gasteiger partial charge >= 0.3 is 0 Å². The second kappa shape index (κ2) is 9.92. The van der Waals surface area contributed by atoms with E-state index in [0.717, 1.165) is 11.3 Å². The van der Waals surface area contributed by atoms with Crippen molar-refractivity contribution in [2.45, 2.75) is 13.3 Å². The van der Waals surface area contributed by atoms with E-state index < -0.39 is 11.7 Å². The first-order valence-corrected chi connectivity index (χ1v) is 8.91. The summed E-state index contributed by atoms with van der Waals surface area (Å²) in [7, 11) is 1.60. The molecule has 27 heavy (non-hydrogen) atoms. The predicted octanol–water partition coefficient (Wildman–Crippen LogP) is 3.31. The van der Waals surface area contributed by atoms with Gasteiger partial charge in [-0.05, 0) is 30.2 Å². The van der Waals surface area contributed by atoms with Crippen LogP contribution in [0, 0.1) is 5.82 Å². The van der Waals surface area contributed by atoms with Crippen molar-refractivity contribution in [3.05, 3.63) is 64.4 Å². The van der Waals surface area contributed by atoms with Crippen molar-refractivity contribution in [2.75, 3.05) is 26.7 Å². The second-order valence-corrected chi connectivity index (χ2v) is 6.33. The lowest BCUT2D eigenvalue weighted by molar-refractivity contribution is -0.128. The highest BCUT2D eigenvalue weighted by atomic mass is 35.5. The molecule has 2 amide bonds. The number of rotatable bonds is 8. The van der Waals surface area contributed by atoms with Gasteiger partial charge < -0.3 is 15.0 Å². The normalized spacial score (nSPS) is 10.4. The van der Waals surface area contributed by atoms with Crippen LogP contribution >= 0.6 is 11.6 Å². The van der Waals surface area contributed by atoms with Crippen LogP contribution in [-0.2, 0) is 11.2 Å². The van der Waals surface area contributed by atoms with Gasteiger partial charge in [0.15, 0.2) is 0 Å². The molecule has 5 nitrogen and oxygen atoms in total. The van der Waals surface area contributed by atoms with E-state index in [4.69, 9.17) is 16.3 Å². The Kier molecular flexibility index (Phi) is 7.61. The molecule has 0 spiro atoms. The monoisotopic (exact) mass is 392 g/mol. The highest BCUT2D eigenvalue weighted by Crippen LogP contribution is 2.19. The number of para-hydroxylation sites is 1. The zero-order valence-electron chi connectivity index (χ0n) is 15.3. The van der Waals surface area contributed by atoms with Crippen LogP contribution in [0.5, 0.6) is 5.75 Å². The zero-order valence-corrected chi connectivity index (χ0v) is 16.1. The van der Waals surface area contributed by atoms with Crippen molar-refractivity contribution >= 4 is 23.4 Å². The van der Waals surface area contributed by atoms with Crippen LogP contribution in [0.25, 0.3) is 0 Å². The first-order chi connectivity index (χ1) is 12.9. The number of ether oxygens (including phenoxy) is 1. The number of hydrogen-bond acceptors (Lipinski definition) is 3. The van der Waals surface area contributed by atoms with Gasteiger partial charge in [0.2, 0.25) is 5.91 Å². The number of hydrogen-bond donors (Lipinski definition) is 1. The molecule has 2 aromatic carbocycles. The number of nitrogens with one attached hydrogen (secondary N) is 1. The molecule has 0 atom stereocenters. The van der Waals surface area contributed by atoms with Gasteiger partial charge in [-0.1, -0.05) is 35.9 Å². The van der Waals surface area contributed by atoms with Crippen molar-refractivity contribution in [2.24, 2.45) is 0 Å². The van der Waals surface area contributed by atoms with Crippen LogP contribution < -0.4 is 10.1 Å². The molecule has 2 rings (SSSR count). The molecule has 0 saturated carbocycles. The summed E-state index contributed by atoms with van der Waals surface area (Å²) in [5.41, 5.74) is 0.802. The van der Waals surface area contributed by atoms with E-state index in [1.807, 2.05) is 24.3 Å². The lowest BCUT2D eigenvalue weighted by Crippen LogP contribution is -2.38. The molecular formula is C20H22ClFN2O3. The molecule has 0 aliphatic heterocycles. The molecule has 0 unspecified atom stereocenters. The third-order valence-corrected chi connectivity index (χ3v) is 4.46. The average molecular weight is 393 g/mol. The number of carbonyl (C=O) groups excluding carboxylic acids is 2. The number of methoxy groups -OCH3 is 1. The summed E-state index contributed by atoms with van der Waals surface area (Å²) in [6.07, 6.45) is 0.622. The van der Waals surface area contributed by atoms with Crippen LogP contribution in [-0.4, -0.2) is 43.5 Å². The van der Waals surface area contributed by atoms with Crippen LogP contribution in [0.4, 0.5) is 4.39 Å². The molecular weight excluding hydrogens is 371 g/mol. The molecule has 1 N–H and O–H groups in total. The van der Waals surface area contributed by atoms with Gasteiger partial charge in [-0.15, -0.1) is 0 Å². The van der Waals surface area contributed by atoms with E-state index >= 15 is 0 Å². The molecule has 2 aromatic rings. The van der Waals surface area contributed by atoms with Gasteiger partial charge in [0.25, 0.3) is 5.91 Å². The summed E-state index contributed by atoms with van der Waals surface area (Å²) < 4.78 is 19.1. The summed E-state index contributed by atoms with van der Waals surface area (Å²) in [6, 6.07) is 11.7. The van der Waals surface area contributed by atoms with Gasteiger partial charge in [0, 0.05) is 26.6 Å². The maximum Gasteiger partial charge on any atom is 0.255 e. The first kappa shape index (κ1) is 20.7. The Bertz CT molecular complexity index is 793. The Balaban J connectivity index is 1.91. The summed E-state index contributed by atoms with van der Waals surface area (Å²) >= 11 is 5.89. The summed E-state index contributed by atoms with van der Waals surface area (Å²) in [4.78, 5) is 25.6. The van der Waals surface area contributed by atoms with Crippen molar-refractivity contribution in [1.29, 1.82) is 0 Å². The van der Waals surface area contributed by atoms with Crippen molar-refractivity contribution in [1.82, 2.24) is 10.2 Å². The average Bonchev–Trinajstić information content (AvgIpc) is 2.64. The maximum absolute atomic E-state index is 13.8. The summed E-state index contributed by atoms with van der Waals surface area (Å²) in [6.45, 7) is 2.45. The Hall–Kier alpha value is -2.60. The van der Waals surface area contributed by atoms with E-state index in [-0.39, 0.29) is 23.0 Å². The number of nitrogens with zero attached hydrogens (tertiary/aromatic N) is 1. The van der Waals surface area contributed by atoms with Gasteiger partial charge in [0.1, 0.15) is 11.6 Å². The van der Waals surface area contributed by atoms with Gasteiger partial charge in [-0.2, -0.15) is 0 Å². The topological polar surface area (TPSA) is 58.6 Å². The van der Waals surface area contributed by atoms with Gasteiger partial charge in [-0.3, -0.25) is 9.59 Å². The third kappa shape index (κ3) is 5.69. The standard InChI is InChI=1S/C20H22ClFN2O3/c1-14(25)24(12-10-15-6-3-4-9-18(15)27-2)13-11-23-20(26)19-16(21)7-5-8-17(19)22/h3-9H,10-13H2,1-2H3,(H,23,26). The molecule has 0 aliphatic carbocycles. The van der Waals surface area contributed by atoms with E-state index in [2.05, 4.69) is 5.32 Å². The molecule has 0 radical (unpaired) electrons. The quantitative estimate of drug-likeness (QED) is 0.749. The molecule has 0 saturated heterocycles. The van der Waals surface area contributed by atoms with Gasteiger partial charge in [0.05, 0.1) is 17.7 Å². The number of amides is 2. The Morgan fingerprint density at radius 2 is 1.89 bits per heavy atom. The van der Waals surface area contributed by atoms with Crippen molar-refractivity contribution in [3.8, 4) is 5.75 Å². The van der Waals surface area contributed by atoms with Crippen LogP contribution in [0.15, 0.2) is 42.5 Å². The minimum absolute atomic E-state index is 0.0482. The SMILES string of the molecule is COc1ccccc1CCN(CCNC(=O)c1c(F)cccc1Cl)C(C)=O. The van der Waals surface area contributed by atoms with E-state index in [9.17, 15) is 14.0 Å².